The Labute approximate surface area is 180 Å². The van der Waals surface area contributed by atoms with E-state index in [-0.39, 0.29) is 32.6 Å². The van der Waals surface area contributed by atoms with Gasteiger partial charge in [0.1, 0.15) is 4.90 Å². The zero-order valence-electron chi connectivity index (χ0n) is 15.8. The molecule has 5 nitrogen and oxygen atoms in total. The van der Waals surface area contributed by atoms with Gasteiger partial charge in [-0.15, -0.1) is 0 Å². The van der Waals surface area contributed by atoms with Gasteiger partial charge in [0.2, 0.25) is 10.0 Å². The molecular formula is C21H22Cl2N2O3S. The third-order valence-corrected chi connectivity index (χ3v) is 7.97. The van der Waals surface area contributed by atoms with E-state index in [0.29, 0.717) is 0 Å². The maximum Gasteiger partial charge on any atom is 0.253 e. The zero-order chi connectivity index (χ0) is 20.6. The maximum absolute atomic E-state index is 12.9. The summed E-state index contributed by atoms with van der Waals surface area (Å²) in [5.74, 6) is -0.411. The number of carbonyl (C=O) groups excluding carboxylic acids is 1. The normalized spacial score (nSPS) is 19.3. The molecule has 0 saturated heterocycles. The van der Waals surface area contributed by atoms with Gasteiger partial charge in [-0.05, 0) is 48.9 Å². The predicted molar refractivity (Wildman–Crippen MR) is 114 cm³/mol. The van der Waals surface area contributed by atoms with Crippen LogP contribution in [0.25, 0.3) is 0 Å². The van der Waals surface area contributed by atoms with Gasteiger partial charge in [0.25, 0.3) is 5.91 Å². The summed E-state index contributed by atoms with van der Waals surface area (Å²) >= 11 is 12.4. The SMILES string of the molecule is O=C(NC1CCc2ccccc21)c1cc(S(=O)(=O)NC2CCCC2)c(Cl)cc1Cl. The van der Waals surface area contributed by atoms with Crippen molar-refractivity contribution < 1.29 is 13.2 Å². The lowest BCUT2D eigenvalue weighted by molar-refractivity contribution is 0.0936. The summed E-state index contributed by atoms with van der Waals surface area (Å²) in [6.45, 7) is 0. The van der Waals surface area contributed by atoms with Crippen molar-refractivity contribution in [3.63, 3.8) is 0 Å². The number of fused-ring (bicyclic) bond motifs is 1. The van der Waals surface area contributed by atoms with E-state index in [4.69, 9.17) is 23.2 Å². The van der Waals surface area contributed by atoms with Crippen molar-refractivity contribution in [3.8, 4) is 0 Å². The molecule has 1 amide bonds. The number of halogens is 2. The van der Waals surface area contributed by atoms with E-state index in [1.807, 2.05) is 18.2 Å². The molecule has 0 spiro atoms. The highest BCUT2D eigenvalue weighted by molar-refractivity contribution is 7.89. The molecule has 2 aliphatic carbocycles. The fourth-order valence-corrected chi connectivity index (χ4v) is 6.34. The molecule has 2 aromatic rings. The van der Waals surface area contributed by atoms with Crippen LogP contribution in [0, 0.1) is 0 Å². The number of hydrogen-bond acceptors (Lipinski definition) is 3. The topological polar surface area (TPSA) is 75.3 Å². The van der Waals surface area contributed by atoms with Crippen LogP contribution >= 0.6 is 23.2 Å². The largest absolute Gasteiger partial charge is 0.345 e. The minimum absolute atomic E-state index is 0.00302. The van der Waals surface area contributed by atoms with Gasteiger partial charge in [-0.25, -0.2) is 13.1 Å². The van der Waals surface area contributed by atoms with Crippen LogP contribution in [0.5, 0.6) is 0 Å². The Morgan fingerprint density at radius 3 is 2.48 bits per heavy atom. The van der Waals surface area contributed by atoms with Gasteiger partial charge in [0.05, 0.1) is 21.7 Å². The van der Waals surface area contributed by atoms with Crippen LogP contribution in [-0.4, -0.2) is 20.4 Å². The lowest BCUT2D eigenvalue weighted by atomic mass is 10.1. The average Bonchev–Trinajstić information content (AvgIpc) is 3.31. The molecule has 8 heteroatoms. The second-order valence-electron chi connectivity index (χ2n) is 7.63. The molecule has 154 valence electrons. The quantitative estimate of drug-likeness (QED) is 0.693. The number of aryl methyl sites for hydroxylation is 1. The number of carbonyl (C=O) groups is 1. The van der Waals surface area contributed by atoms with Crippen molar-refractivity contribution in [2.24, 2.45) is 0 Å². The Bertz CT molecular complexity index is 1050. The number of amides is 1. The Balaban J connectivity index is 1.59. The zero-order valence-corrected chi connectivity index (χ0v) is 18.1. The summed E-state index contributed by atoms with van der Waals surface area (Å²) in [7, 11) is -3.84. The van der Waals surface area contributed by atoms with E-state index in [2.05, 4.69) is 16.1 Å². The van der Waals surface area contributed by atoms with E-state index in [9.17, 15) is 13.2 Å². The molecule has 1 unspecified atom stereocenters. The smallest absolute Gasteiger partial charge is 0.253 e. The molecule has 4 rings (SSSR count). The van der Waals surface area contributed by atoms with Gasteiger partial charge in [-0.2, -0.15) is 0 Å². The standard InChI is InChI=1S/C21H22Cl2N2O3S/c22-17-12-18(23)20(29(27,28)25-14-6-2-3-7-14)11-16(17)21(26)24-19-10-9-13-5-1-4-8-15(13)19/h1,4-5,8,11-12,14,19,25H,2-3,6-7,9-10H2,(H,24,26). The summed E-state index contributed by atoms with van der Waals surface area (Å²) in [6.07, 6.45) is 5.29. The molecule has 1 saturated carbocycles. The van der Waals surface area contributed by atoms with E-state index in [1.165, 1.54) is 17.7 Å². The molecule has 29 heavy (non-hydrogen) atoms. The van der Waals surface area contributed by atoms with E-state index < -0.39 is 15.9 Å². The van der Waals surface area contributed by atoms with Gasteiger partial charge < -0.3 is 5.32 Å². The predicted octanol–water partition coefficient (Wildman–Crippen LogP) is 4.63. The van der Waals surface area contributed by atoms with Crippen LogP contribution in [0.1, 0.15) is 59.6 Å². The highest BCUT2D eigenvalue weighted by Crippen LogP contribution is 2.33. The van der Waals surface area contributed by atoms with Gasteiger partial charge >= 0.3 is 0 Å². The summed E-state index contributed by atoms with van der Waals surface area (Å²) in [4.78, 5) is 12.8. The minimum Gasteiger partial charge on any atom is -0.345 e. The fraction of sp³-hybridized carbons (Fsp3) is 0.381. The minimum atomic E-state index is -3.84. The summed E-state index contributed by atoms with van der Waals surface area (Å²) in [6, 6.07) is 10.4. The van der Waals surface area contributed by atoms with Crippen molar-refractivity contribution in [3.05, 3.63) is 63.1 Å². The van der Waals surface area contributed by atoms with Crippen molar-refractivity contribution >= 4 is 39.1 Å². The third kappa shape index (κ3) is 4.31. The second-order valence-corrected chi connectivity index (χ2v) is 10.1. The molecule has 2 N–H and O–H groups in total. The lowest BCUT2D eigenvalue weighted by Crippen LogP contribution is -2.33. The molecule has 0 heterocycles. The fourth-order valence-electron chi connectivity index (χ4n) is 4.18. The maximum atomic E-state index is 12.9. The Hall–Kier alpha value is -1.60. The Kier molecular flexibility index (Phi) is 5.89. The third-order valence-electron chi connectivity index (χ3n) is 5.67. The van der Waals surface area contributed by atoms with Crippen molar-refractivity contribution in [2.75, 3.05) is 0 Å². The first-order valence-corrected chi connectivity index (χ1v) is 12.0. The lowest BCUT2D eigenvalue weighted by Gasteiger charge is -2.17. The van der Waals surface area contributed by atoms with Crippen LogP contribution in [0.4, 0.5) is 0 Å². The summed E-state index contributed by atoms with van der Waals surface area (Å²) in [5, 5.41) is 3.11. The highest BCUT2D eigenvalue weighted by atomic mass is 35.5. The molecule has 2 aromatic carbocycles. The molecule has 0 aliphatic heterocycles. The number of sulfonamides is 1. The van der Waals surface area contributed by atoms with Gasteiger partial charge in [0.15, 0.2) is 0 Å². The molecular weight excluding hydrogens is 431 g/mol. The average molecular weight is 453 g/mol. The van der Waals surface area contributed by atoms with Gasteiger partial charge in [-0.1, -0.05) is 60.3 Å². The molecule has 1 atom stereocenters. The van der Waals surface area contributed by atoms with E-state index in [0.717, 1.165) is 44.1 Å². The number of nitrogens with one attached hydrogen (secondary N) is 2. The first-order chi connectivity index (χ1) is 13.8. The van der Waals surface area contributed by atoms with Crippen LogP contribution in [0.15, 0.2) is 41.3 Å². The number of benzene rings is 2. The van der Waals surface area contributed by atoms with Gasteiger partial charge in [0, 0.05) is 6.04 Å². The van der Waals surface area contributed by atoms with Crippen LogP contribution < -0.4 is 10.0 Å². The summed E-state index contributed by atoms with van der Waals surface area (Å²) in [5.41, 5.74) is 2.40. The monoisotopic (exact) mass is 452 g/mol. The van der Waals surface area contributed by atoms with Crippen LogP contribution in [0.3, 0.4) is 0 Å². The molecule has 2 aliphatic rings. The first kappa shape index (κ1) is 20.7. The highest BCUT2D eigenvalue weighted by Gasteiger charge is 2.28. The number of hydrogen-bond donors (Lipinski definition) is 2. The molecule has 0 aromatic heterocycles. The van der Waals surface area contributed by atoms with Gasteiger partial charge in [-0.3, -0.25) is 4.79 Å². The molecule has 1 fully saturated rings. The Morgan fingerprint density at radius 1 is 1.00 bits per heavy atom. The molecule has 0 radical (unpaired) electrons. The van der Waals surface area contributed by atoms with Crippen molar-refractivity contribution in [2.45, 2.75) is 55.5 Å². The van der Waals surface area contributed by atoms with Crippen molar-refractivity contribution in [1.82, 2.24) is 10.0 Å². The molecule has 0 bridgehead atoms. The van der Waals surface area contributed by atoms with Crippen LogP contribution in [0.2, 0.25) is 10.0 Å². The first-order valence-electron chi connectivity index (χ1n) is 9.75. The van der Waals surface area contributed by atoms with Crippen LogP contribution in [-0.2, 0) is 16.4 Å². The van der Waals surface area contributed by atoms with Crippen molar-refractivity contribution in [1.29, 1.82) is 0 Å². The number of rotatable bonds is 5. The Morgan fingerprint density at radius 2 is 1.72 bits per heavy atom. The van der Waals surface area contributed by atoms with E-state index in [1.54, 1.807) is 0 Å². The van der Waals surface area contributed by atoms with E-state index >= 15 is 0 Å². The summed E-state index contributed by atoms with van der Waals surface area (Å²) < 4.78 is 28.4. The second kappa shape index (κ2) is 8.26.